The molecule has 0 aromatic rings. The molecule has 1 aliphatic rings. The molecule has 2 heteroatoms. The summed E-state index contributed by atoms with van der Waals surface area (Å²) >= 11 is 0. The maximum absolute atomic E-state index is 5.13. The summed E-state index contributed by atoms with van der Waals surface area (Å²) in [6, 6.07) is 0. The normalized spacial score (nSPS) is 21.9. The lowest BCUT2D eigenvalue weighted by Gasteiger charge is -2.25. The predicted octanol–water partition coefficient (Wildman–Crippen LogP) is 0.976. The van der Waals surface area contributed by atoms with Gasteiger partial charge in [-0.3, -0.25) is 4.90 Å². The zero-order valence-electron chi connectivity index (χ0n) is 5.68. The number of hydrogen-bond acceptors (Lipinski definition) is 2. The van der Waals surface area contributed by atoms with E-state index in [4.69, 9.17) is 4.74 Å². The lowest BCUT2D eigenvalue weighted by Crippen LogP contribution is -2.29. The van der Waals surface area contributed by atoms with Crippen LogP contribution < -0.4 is 0 Å². The molecule has 2 nitrogen and oxygen atoms in total. The summed E-state index contributed by atoms with van der Waals surface area (Å²) in [5.74, 6) is 1.57. The average Bonchev–Trinajstić information content (AvgIpc) is 1.59. The van der Waals surface area contributed by atoms with Crippen LogP contribution in [0.3, 0.4) is 0 Å². The van der Waals surface area contributed by atoms with E-state index in [-0.39, 0.29) is 0 Å². The number of rotatable bonds is 0. The predicted molar refractivity (Wildman–Crippen MR) is 36.9 cm³/mol. The fourth-order valence-corrected chi connectivity index (χ4v) is 0.927. The first-order valence-corrected chi connectivity index (χ1v) is 2.90. The summed E-state index contributed by atoms with van der Waals surface area (Å²) in [5.41, 5.74) is 0. The molecule has 1 aliphatic heterocycles. The Morgan fingerprint density at radius 2 is 1.78 bits per heavy atom. The molecule has 0 spiro atoms. The van der Waals surface area contributed by atoms with E-state index in [1.54, 1.807) is 0 Å². The van der Waals surface area contributed by atoms with Crippen molar-refractivity contribution in [1.29, 1.82) is 0 Å². The van der Waals surface area contributed by atoms with Crippen molar-refractivity contribution in [2.75, 3.05) is 20.1 Å². The highest BCUT2D eigenvalue weighted by Crippen LogP contribution is 2.11. The molecule has 0 atom stereocenters. The molecule has 0 amide bonds. The van der Waals surface area contributed by atoms with Gasteiger partial charge in [0.1, 0.15) is 11.5 Å². The summed E-state index contributed by atoms with van der Waals surface area (Å²) in [6.07, 6.45) is 0. The van der Waals surface area contributed by atoms with E-state index in [9.17, 15) is 0 Å². The summed E-state index contributed by atoms with van der Waals surface area (Å²) in [6.45, 7) is 9.02. The van der Waals surface area contributed by atoms with E-state index in [0.717, 1.165) is 24.6 Å². The van der Waals surface area contributed by atoms with Gasteiger partial charge in [-0.2, -0.15) is 0 Å². The molecule has 1 saturated heterocycles. The van der Waals surface area contributed by atoms with Crippen molar-refractivity contribution in [3.63, 3.8) is 0 Å². The molecule has 1 rings (SSSR count). The minimum Gasteiger partial charge on any atom is -0.465 e. The lowest BCUT2D eigenvalue weighted by atomic mass is 10.4. The van der Waals surface area contributed by atoms with Gasteiger partial charge in [0, 0.05) is 0 Å². The van der Waals surface area contributed by atoms with Crippen LogP contribution in [-0.2, 0) is 4.74 Å². The third-order valence-electron chi connectivity index (χ3n) is 1.18. The van der Waals surface area contributed by atoms with Gasteiger partial charge in [0.2, 0.25) is 0 Å². The first-order valence-electron chi connectivity index (χ1n) is 2.90. The second kappa shape index (κ2) is 2.23. The topological polar surface area (TPSA) is 12.5 Å². The summed E-state index contributed by atoms with van der Waals surface area (Å²) in [5, 5.41) is 0. The molecular weight excluding hydrogens is 114 g/mol. The smallest absolute Gasteiger partial charge is 0.110 e. The molecule has 0 saturated carbocycles. The van der Waals surface area contributed by atoms with Crippen molar-refractivity contribution >= 4 is 0 Å². The van der Waals surface area contributed by atoms with Gasteiger partial charge in [0.15, 0.2) is 0 Å². The molecule has 0 aromatic carbocycles. The van der Waals surface area contributed by atoms with Gasteiger partial charge >= 0.3 is 0 Å². The summed E-state index contributed by atoms with van der Waals surface area (Å²) in [7, 11) is 2.01. The maximum atomic E-state index is 5.13. The van der Waals surface area contributed by atoms with Crippen LogP contribution in [0.5, 0.6) is 0 Å². The molecule has 0 aromatic heterocycles. The number of nitrogens with zero attached hydrogens (tertiary/aromatic N) is 1. The standard InChI is InChI=1S/C7H11NO/c1-6-4-8(3)5-7(2)9-6/h1-2,4-5H2,3H3. The van der Waals surface area contributed by atoms with Crippen molar-refractivity contribution in [2.24, 2.45) is 0 Å². The number of likely N-dealkylation sites (N-methyl/N-ethyl adjacent to an activating group) is 1. The molecule has 0 bridgehead atoms. The van der Waals surface area contributed by atoms with Gasteiger partial charge in [-0.15, -0.1) is 0 Å². The molecule has 50 valence electrons. The van der Waals surface area contributed by atoms with Gasteiger partial charge < -0.3 is 4.74 Å². The van der Waals surface area contributed by atoms with Gasteiger partial charge in [0.05, 0.1) is 13.1 Å². The molecular formula is C7H11NO. The quantitative estimate of drug-likeness (QED) is 0.478. The molecule has 1 fully saturated rings. The Morgan fingerprint density at radius 1 is 1.33 bits per heavy atom. The second-order valence-corrected chi connectivity index (χ2v) is 2.35. The van der Waals surface area contributed by atoms with E-state index >= 15 is 0 Å². The number of ether oxygens (including phenoxy) is 1. The highest BCUT2D eigenvalue weighted by atomic mass is 16.5. The Labute approximate surface area is 55.4 Å². The molecule has 1 heterocycles. The van der Waals surface area contributed by atoms with Crippen LogP contribution in [0.2, 0.25) is 0 Å². The number of hydrogen-bond donors (Lipinski definition) is 0. The van der Waals surface area contributed by atoms with Crippen molar-refractivity contribution in [2.45, 2.75) is 0 Å². The van der Waals surface area contributed by atoms with E-state index in [1.165, 1.54) is 0 Å². The van der Waals surface area contributed by atoms with Crippen LogP contribution >= 0.6 is 0 Å². The third-order valence-corrected chi connectivity index (χ3v) is 1.18. The average molecular weight is 125 g/mol. The van der Waals surface area contributed by atoms with Crippen LogP contribution in [0, 0.1) is 0 Å². The Balaban J connectivity index is 2.53. The van der Waals surface area contributed by atoms with Gasteiger partial charge in [-0.05, 0) is 7.05 Å². The van der Waals surface area contributed by atoms with Crippen LogP contribution in [0.4, 0.5) is 0 Å². The SMILES string of the molecule is C=C1CN(C)CC(=C)O1. The van der Waals surface area contributed by atoms with Crippen LogP contribution in [0.25, 0.3) is 0 Å². The maximum Gasteiger partial charge on any atom is 0.110 e. The van der Waals surface area contributed by atoms with Gasteiger partial charge in [-0.1, -0.05) is 13.2 Å². The largest absolute Gasteiger partial charge is 0.465 e. The summed E-state index contributed by atoms with van der Waals surface area (Å²) in [4.78, 5) is 2.11. The zero-order chi connectivity index (χ0) is 6.85. The minimum atomic E-state index is 0.786. The number of morpholine rings is 1. The fraction of sp³-hybridized carbons (Fsp3) is 0.429. The van der Waals surface area contributed by atoms with Crippen molar-refractivity contribution in [3.05, 3.63) is 24.7 Å². The van der Waals surface area contributed by atoms with E-state index in [0.29, 0.717) is 0 Å². The van der Waals surface area contributed by atoms with E-state index in [2.05, 4.69) is 18.1 Å². The minimum absolute atomic E-state index is 0.786. The molecule has 0 radical (unpaired) electrons. The highest BCUT2D eigenvalue weighted by molar-refractivity contribution is 5.02. The van der Waals surface area contributed by atoms with E-state index in [1.807, 2.05) is 7.05 Å². The van der Waals surface area contributed by atoms with E-state index < -0.39 is 0 Å². The van der Waals surface area contributed by atoms with Crippen LogP contribution in [-0.4, -0.2) is 25.0 Å². The summed E-state index contributed by atoms with van der Waals surface area (Å²) < 4.78 is 5.13. The Bertz CT molecular complexity index is 135. The van der Waals surface area contributed by atoms with Crippen LogP contribution in [0.1, 0.15) is 0 Å². The van der Waals surface area contributed by atoms with Gasteiger partial charge in [-0.25, -0.2) is 0 Å². The van der Waals surface area contributed by atoms with Crippen LogP contribution in [0.15, 0.2) is 24.7 Å². The van der Waals surface area contributed by atoms with Crippen molar-refractivity contribution < 1.29 is 4.74 Å². The van der Waals surface area contributed by atoms with Gasteiger partial charge in [0.25, 0.3) is 0 Å². The first kappa shape index (κ1) is 6.36. The highest BCUT2D eigenvalue weighted by Gasteiger charge is 2.11. The Morgan fingerprint density at radius 3 is 2.11 bits per heavy atom. The monoisotopic (exact) mass is 125 g/mol. The van der Waals surface area contributed by atoms with Crippen molar-refractivity contribution in [1.82, 2.24) is 4.90 Å². The molecule has 0 unspecified atom stereocenters. The Hall–Kier alpha value is -0.760. The first-order chi connectivity index (χ1) is 4.18. The third kappa shape index (κ3) is 1.57. The Kier molecular flexibility index (Phi) is 1.58. The zero-order valence-corrected chi connectivity index (χ0v) is 5.68. The molecule has 9 heavy (non-hydrogen) atoms. The lowest BCUT2D eigenvalue weighted by molar-refractivity contribution is 0.176. The molecule has 0 N–H and O–H groups in total. The van der Waals surface area contributed by atoms with Crippen molar-refractivity contribution in [3.8, 4) is 0 Å². The molecule has 0 aliphatic carbocycles. The second-order valence-electron chi connectivity index (χ2n) is 2.35. The fourth-order valence-electron chi connectivity index (χ4n) is 0.927.